The van der Waals surface area contributed by atoms with Crippen molar-refractivity contribution in [3.8, 4) is 44.5 Å². The van der Waals surface area contributed by atoms with Crippen molar-refractivity contribution in [1.82, 2.24) is 0 Å². The van der Waals surface area contributed by atoms with Crippen molar-refractivity contribution in [2.24, 2.45) is 0 Å². The third-order valence-electron chi connectivity index (χ3n) is 6.91. The van der Waals surface area contributed by atoms with Crippen LogP contribution < -0.4 is 10.2 Å². The number of carbonyl (C=O) groups excluding carboxylic acids is 2. The van der Waals surface area contributed by atoms with E-state index >= 15 is 0 Å². The van der Waals surface area contributed by atoms with Gasteiger partial charge in [0.05, 0.1) is 23.1 Å². The van der Waals surface area contributed by atoms with E-state index in [4.69, 9.17) is 0 Å². The Hall–Kier alpha value is -5.02. The van der Waals surface area contributed by atoms with Crippen LogP contribution >= 0.6 is 0 Å². The average Bonchev–Trinajstić information content (AvgIpc) is 3.05. The first-order chi connectivity index (χ1) is 21.1. The van der Waals surface area contributed by atoms with Gasteiger partial charge < -0.3 is 30.0 Å². The summed E-state index contributed by atoms with van der Waals surface area (Å²) in [5.74, 6) is -4.79. The van der Waals surface area contributed by atoms with Crippen molar-refractivity contribution in [2.45, 2.75) is 0 Å². The quantitative estimate of drug-likeness (QED) is 0.183. The van der Waals surface area contributed by atoms with Crippen molar-refractivity contribution in [3.05, 3.63) is 145 Å². The molecular formula is C36H24CaO8. The fourth-order valence-electron chi connectivity index (χ4n) is 4.71. The third-order valence-corrected chi connectivity index (χ3v) is 6.91. The summed E-state index contributed by atoms with van der Waals surface area (Å²) in [5.41, 5.74) is 5.67. The number of hydrogen-bond acceptors (Lipinski definition) is 6. The molecule has 0 unspecified atom stereocenters. The van der Waals surface area contributed by atoms with Gasteiger partial charge in [0.2, 0.25) is 0 Å². The predicted molar refractivity (Wildman–Crippen MR) is 168 cm³/mol. The second-order valence-corrected chi connectivity index (χ2v) is 9.44. The molecule has 0 fully saturated rings. The Balaban J connectivity index is 0.00000180. The Morgan fingerprint density at radius 3 is 0.800 bits per heavy atom. The number of carboxylic acid groups (broad SMARTS) is 4. The minimum absolute atomic E-state index is 0. The minimum Gasteiger partial charge on any atom is -0.545 e. The molecule has 0 heterocycles. The maximum absolute atomic E-state index is 11.5. The number of benzene rings is 5. The third kappa shape index (κ3) is 7.74. The van der Waals surface area contributed by atoms with Gasteiger partial charge in [-0.05, 0) is 92.0 Å². The number of aromatic carboxylic acids is 4. The summed E-state index contributed by atoms with van der Waals surface area (Å²) in [6, 6.07) is 28.6. The monoisotopic (exact) mass is 624 g/mol. The van der Waals surface area contributed by atoms with E-state index in [0.29, 0.717) is 44.5 Å². The molecule has 5 rings (SSSR count). The topological polar surface area (TPSA) is 155 Å². The SMILES string of the molecule is C=C.O=C([O-])c1ccc(-c2cc(-c3ccc(C(=O)O)cc3)c(-c3ccc(C(=O)[O-])cc3)cc2-c2ccc(C(=O)O)cc2)cc1.[Ca+2]. The van der Waals surface area contributed by atoms with Crippen LogP contribution in [0.4, 0.5) is 0 Å². The first-order valence-corrected chi connectivity index (χ1v) is 13.1. The molecule has 0 saturated carbocycles. The Kier molecular flexibility index (Phi) is 11.6. The Labute approximate surface area is 288 Å². The van der Waals surface area contributed by atoms with Gasteiger partial charge in [-0.2, -0.15) is 0 Å². The molecule has 0 aliphatic heterocycles. The minimum atomic E-state index is -1.32. The van der Waals surface area contributed by atoms with Gasteiger partial charge in [-0.25, -0.2) is 9.59 Å². The van der Waals surface area contributed by atoms with E-state index in [-0.39, 0.29) is 60.0 Å². The van der Waals surface area contributed by atoms with Crippen LogP contribution in [0, 0.1) is 0 Å². The van der Waals surface area contributed by atoms with E-state index in [2.05, 4.69) is 13.2 Å². The summed E-state index contributed by atoms with van der Waals surface area (Å²) in [6.45, 7) is 6.00. The van der Waals surface area contributed by atoms with E-state index < -0.39 is 23.9 Å². The summed E-state index contributed by atoms with van der Waals surface area (Å²) in [7, 11) is 0. The molecule has 45 heavy (non-hydrogen) atoms. The number of hydrogen-bond donors (Lipinski definition) is 2. The maximum atomic E-state index is 11.5. The Morgan fingerprint density at radius 1 is 0.422 bits per heavy atom. The van der Waals surface area contributed by atoms with Gasteiger partial charge in [-0.1, -0.05) is 72.8 Å². The van der Waals surface area contributed by atoms with Crippen molar-refractivity contribution in [1.29, 1.82) is 0 Å². The molecule has 0 aliphatic carbocycles. The van der Waals surface area contributed by atoms with Crippen LogP contribution in [0.1, 0.15) is 41.4 Å². The van der Waals surface area contributed by atoms with Gasteiger partial charge in [0, 0.05) is 0 Å². The fraction of sp³-hybridized carbons (Fsp3) is 0. The van der Waals surface area contributed by atoms with Gasteiger partial charge in [0.15, 0.2) is 0 Å². The molecule has 5 aromatic rings. The molecule has 8 nitrogen and oxygen atoms in total. The molecule has 2 N–H and O–H groups in total. The second-order valence-electron chi connectivity index (χ2n) is 9.44. The first-order valence-electron chi connectivity index (χ1n) is 13.1. The van der Waals surface area contributed by atoms with Crippen LogP contribution in [-0.4, -0.2) is 71.8 Å². The molecule has 0 aromatic heterocycles. The van der Waals surface area contributed by atoms with Crippen molar-refractivity contribution in [3.63, 3.8) is 0 Å². The summed E-state index contributed by atoms with van der Waals surface area (Å²) in [4.78, 5) is 45.7. The van der Waals surface area contributed by atoms with Crippen LogP contribution in [-0.2, 0) is 0 Å². The van der Waals surface area contributed by atoms with Gasteiger partial charge in [0.1, 0.15) is 0 Å². The molecule has 5 aromatic carbocycles. The summed E-state index contributed by atoms with van der Waals surface area (Å²) in [5, 5.41) is 41.5. The molecule has 0 saturated heterocycles. The molecular weight excluding hydrogens is 600 g/mol. The van der Waals surface area contributed by atoms with Crippen LogP contribution in [0.3, 0.4) is 0 Å². The van der Waals surface area contributed by atoms with Gasteiger partial charge >= 0.3 is 49.7 Å². The van der Waals surface area contributed by atoms with Gasteiger partial charge in [0.25, 0.3) is 0 Å². The molecule has 0 radical (unpaired) electrons. The maximum Gasteiger partial charge on any atom is 2.00 e. The predicted octanol–water partition coefficient (Wildman–Crippen LogP) is 4.90. The van der Waals surface area contributed by atoms with E-state index in [0.717, 1.165) is 0 Å². The van der Waals surface area contributed by atoms with E-state index in [1.807, 2.05) is 12.1 Å². The summed E-state index contributed by atoms with van der Waals surface area (Å²) >= 11 is 0. The molecule has 0 atom stereocenters. The van der Waals surface area contributed by atoms with Crippen molar-refractivity contribution in [2.75, 3.05) is 0 Å². The average molecular weight is 625 g/mol. The largest absolute Gasteiger partial charge is 2.00 e. The van der Waals surface area contributed by atoms with E-state index in [1.165, 1.54) is 48.5 Å². The Morgan fingerprint density at radius 2 is 0.622 bits per heavy atom. The van der Waals surface area contributed by atoms with E-state index in [1.54, 1.807) is 48.5 Å². The fourth-order valence-corrected chi connectivity index (χ4v) is 4.71. The number of carbonyl (C=O) groups is 4. The second kappa shape index (κ2) is 15.1. The zero-order valence-corrected chi connectivity index (χ0v) is 26.1. The Bertz CT molecular complexity index is 1590. The molecule has 9 heteroatoms. The van der Waals surface area contributed by atoms with Gasteiger partial charge in [-0.3, -0.25) is 0 Å². The molecule has 0 aliphatic rings. The summed E-state index contributed by atoms with van der Waals surface area (Å²) < 4.78 is 0. The smallest absolute Gasteiger partial charge is 0.545 e. The summed E-state index contributed by atoms with van der Waals surface area (Å²) in [6.07, 6.45) is 0. The molecule has 0 spiro atoms. The van der Waals surface area contributed by atoms with Crippen LogP contribution in [0.25, 0.3) is 44.5 Å². The van der Waals surface area contributed by atoms with Crippen LogP contribution in [0.5, 0.6) is 0 Å². The number of rotatable bonds is 8. The molecule has 0 bridgehead atoms. The van der Waals surface area contributed by atoms with Crippen molar-refractivity contribution < 1.29 is 39.6 Å². The zero-order chi connectivity index (χ0) is 32.0. The first kappa shape index (κ1) is 34.5. The van der Waals surface area contributed by atoms with Crippen molar-refractivity contribution >= 4 is 61.6 Å². The van der Waals surface area contributed by atoms with Crippen LogP contribution in [0.15, 0.2) is 122 Å². The normalized spacial score (nSPS) is 10.0. The van der Waals surface area contributed by atoms with Crippen LogP contribution in [0.2, 0.25) is 0 Å². The standard InChI is InChI=1S/C34H22O8.C2H4.Ca/c35-31(36)23-9-1-19(2-10-23)27-17-29(21-5-13-25(14-6-21)33(39)40)30(22-7-15-26(16-8-22)34(41)42)18-28(27)20-3-11-24(12-4-20)32(37)38;1-2;/h1-18H,(H,35,36)(H,37,38)(H,39,40)(H,41,42);1-2H2;/q;;+2/p-2. The zero-order valence-electron chi connectivity index (χ0n) is 23.9. The van der Waals surface area contributed by atoms with Gasteiger partial charge in [-0.15, -0.1) is 13.2 Å². The van der Waals surface area contributed by atoms with E-state index in [9.17, 15) is 39.6 Å². The number of carboxylic acids is 4. The molecule has 0 amide bonds. The molecule has 218 valence electrons.